The van der Waals surface area contributed by atoms with Gasteiger partial charge in [-0.05, 0) is 59.5 Å². The van der Waals surface area contributed by atoms with Crippen molar-refractivity contribution in [2.45, 2.75) is 63.3 Å². The molecule has 5 rings (SSSR count). The van der Waals surface area contributed by atoms with Crippen LogP contribution in [-0.2, 0) is 34.8 Å². The third-order valence-corrected chi connectivity index (χ3v) is 16.9. The molecule has 2 aromatic carbocycles. The quantitative estimate of drug-likeness (QED) is 0.109. The molecule has 3 aromatic rings. The third-order valence-electron chi connectivity index (χ3n) is 9.58. The number of phosphoric acid groups is 1. The highest BCUT2D eigenvalue weighted by Crippen LogP contribution is 2.47. The van der Waals surface area contributed by atoms with Crippen LogP contribution in [0.15, 0.2) is 72.9 Å². The average Bonchev–Trinajstić information content (AvgIpc) is 3.62. The summed E-state index contributed by atoms with van der Waals surface area (Å²) in [6, 6.07) is 22.3. The van der Waals surface area contributed by atoms with Crippen molar-refractivity contribution in [3.63, 3.8) is 0 Å². The Kier molecular flexibility index (Phi) is 10.7. The van der Waals surface area contributed by atoms with E-state index >= 15 is 0 Å². The first kappa shape index (κ1) is 38.3. The van der Waals surface area contributed by atoms with Crippen LogP contribution in [0.5, 0.6) is 0 Å². The van der Waals surface area contributed by atoms with Gasteiger partial charge in [0.2, 0.25) is 0 Å². The number of hydrogen-bond acceptors (Lipinski definition) is 7. The number of amides is 2. The molecule has 1 atom stereocenters. The second-order valence-corrected chi connectivity index (χ2v) is 22.2. The van der Waals surface area contributed by atoms with E-state index in [4.69, 9.17) is 14.2 Å². The predicted molar refractivity (Wildman–Crippen MR) is 195 cm³/mol. The molecule has 1 aliphatic heterocycles. The van der Waals surface area contributed by atoms with Gasteiger partial charge in [0.15, 0.2) is 14.6 Å². The molecule has 1 fully saturated rings. The van der Waals surface area contributed by atoms with Crippen LogP contribution in [0, 0.1) is 29.1 Å². The largest absolute Gasteiger partial charge is 0.491 e. The molecule has 1 aromatic heterocycles. The second kappa shape index (κ2) is 14.2. The molecular formula is C36H42N3O9PSSi. The number of hydroxylamine groups is 1. The highest BCUT2D eigenvalue weighted by atomic mass is 32.2. The standard InChI is InChI=1S/C36H42N3O9PSSi/c1-34(2,3)51(30-15-8-6-9-16-30,31-17-10-7-11-18-31)47-27-36(20-21-36)19-13-12-14-28-24-29-26-38(33(41)39(29)25-28)23-22-35(4,50(5,45)46)32(40)37-48-49(42,43)44/h6-11,15-18,24-25H,20-23,26-27H2,1-5H3,(H,37,40)(H2,42,43,44). The zero-order valence-electron chi connectivity index (χ0n) is 29.2. The number of fused-ring (bicyclic) bond motifs is 1. The van der Waals surface area contributed by atoms with Crippen molar-refractivity contribution in [1.82, 2.24) is 14.9 Å². The minimum absolute atomic E-state index is 0.127. The number of carbonyl (C=O) groups excluding carboxylic acids is 2. The van der Waals surface area contributed by atoms with Gasteiger partial charge in [-0.2, -0.15) is 4.62 Å². The summed E-state index contributed by atoms with van der Waals surface area (Å²) in [4.78, 5) is 44.8. The Balaban J connectivity index is 1.25. The van der Waals surface area contributed by atoms with Crippen molar-refractivity contribution >= 4 is 48.3 Å². The zero-order chi connectivity index (χ0) is 37.3. The number of hydrogen-bond donors (Lipinski definition) is 3. The molecular weight excluding hydrogens is 710 g/mol. The SMILES string of the molecule is CC(C)(C)[Si](OCC1(C#CC#Cc2cc3n(c2)C(=O)N(CCC(C)(C(=O)NOP(=O)(O)O)S(C)(=O)=O)C3)CC1)(c1ccccc1)c1ccccc1. The molecule has 12 nitrogen and oxygen atoms in total. The number of aromatic nitrogens is 1. The fourth-order valence-corrected chi connectivity index (χ4v) is 11.9. The zero-order valence-corrected chi connectivity index (χ0v) is 31.9. The van der Waals surface area contributed by atoms with Gasteiger partial charge in [-0.25, -0.2) is 23.3 Å². The number of nitrogens with one attached hydrogen (secondary N) is 1. The van der Waals surface area contributed by atoms with Crippen LogP contribution in [-0.4, -0.2) is 72.1 Å². The van der Waals surface area contributed by atoms with Crippen LogP contribution in [0.4, 0.5) is 4.79 Å². The van der Waals surface area contributed by atoms with E-state index in [1.807, 2.05) is 12.1 Å². The van der Waals surface area contributed by atoms with Gasteiger partial charge in [-0.3, -0.25) is 9.36 Å². The summed E-state index contributed by atoms with van der Waals surface area (Å²) in [5.74, 6) is 11.1. The Hall–Kier alpha value is -3.98. The third kappa shape index (κ3) is 8.24. The first-order valence-electron chi connectivity index (χ1n) is 16.3. The lowest BCUT2D eigenvalue weighted by atomic mass is 10.1. The van der Waals surface area contributed by atoms with Gasteiger partial charge in [0, 0.05) is 30.3 Å². The lowest BCUT2D eigenvalue weighted by Gasteiger charge is -2.43. The van der Waals surface area contributed by atoms with Gasteiger partial charge in [-0.15, -0.1) is 0 Å². The molecule has 270 valence electrons. The van der Waals surface area contributed by atoms with Crippen LogP contribution in [0.3, 0.4) is 0 Å². The Labute approximate surface area is 299 Å². The van der Waals surface area contributed by atoms with E-state index in [-0.39, 0.29) is 30.0 Å². The van der Waals surface area contributed by atoms with E-state index in [9.17, 15) is 22.6 Å². The fourth-order valence-electron chi connectivity index (χ4n) is 6.22. The summed E-state index contributed by atoms with van der Waals surface area (Å²) < 4.78 is 46.4. The van der Waals surface area contributed by atoms with E-state index in [1.54, 1.807) is 12.3 Å². The van der Waals surface area contributed by atoms with E-state index in [2.05, 4.69) is 97.6 Å². The minimum Gasteiger partial charge on any atom is -0.406 e. The topological polar surface area (TPSA) is 164 Å². The van der Waals surface area contributed by atoms with E-state index < -0.39 is 42.7 Å². The van der Waals surface area contributed by atoms with Gasteiger partial charge in [-0.1, -0.05) is 93.3 Å². The number of rotatable bonds is 12. The summed E-state index contributed by atoms with van der Waals surface area (Å²) in [5, 5.41) is 2.28. The van der Waals surface area contributed by atoms with Crippen molar-refractivity contribution in [2.24, 2.45) is 5.41 Å². The predicted octanol–water partition coefficient (Wildman–Crippen LogP) is 3.32. The minimum atomic E-state index is -5.10. The van der Waals surface area contributed by atoms with Gasteiger partial charge >= 0.3 is 13.9 Å². The van der Waals surface area contributed by atoms with E-state index in [0.717, 1.165) is 26.0 Å². The van der Waals surface area contributed by atoms with Gasteiger partial charge in [0.1, 0.15) is 0 Å². The van der Waals surface area contributed by atoms with Crippen LogP contribution in [0.25, 0.3) is 0 Å². The molecule has 2 amide bonds. The lowest BCUT2D eigenvalue weighted by molar-refractivity contribution is -0.131. The normalized spacial score (nSPS) is 16.6. The Morgan fingerprint density at radius 3 is 2.10 bits per heavy atom. The molecule has 0 radical (unpaired) electrons. The summed E-state index contributed by atoms with van der Waals surface area (Å²) in [5.41, 5.74) is 2.47. The van der Waals surface area contributed by atoms with Crippen LogP contribution < -0.4 is 15.9 Å². The van der Waals surface area contributed by atoms with Gasteiger partial charge in [0.25, 0.3) is 14.2 Å². The van der Waals surface area contributed by atoms with Crippen LogP contribution in [0.2, 0.25) is 5.04 Å². The van der Waals surface area contributed by atoms with E-state index in [0.29, 0.717) is 17.9 Å². The van der Waals surface area contributed by atoms with Crippen LogP contribution in [0.1, 0.15) is 58.2 Å². The number of benzene rings is 2. The summed E-state index contributed by atoms with van der Waals surface area (Å²) in [7, 11) is -11.9. The van der Waals surface area contributed by atoms with Gasteiger partial charge < -0.3 is 19.1 Å². The maximum Gasteiger partial charge on any atom is 0.491 e. The monoisotopic (exact) mass is 751 g/mol. The molecule has 2 aliphatic rings. The van der Waals surface area contributed by atoms with Crippen molar-refractivity contribution in [3.05, 3.63) is 84.2 Å². The Morgan fingerprint density at radius 1 is 1.02 bits per heavy atom. The van der Waals surface area contributed by atoms with Crippen molar-refractivity contribution < 1.29 is 41.4 Å². The summed E-state index contributed by atoms with van der Waals surface area (Å²) >= 11 is 0. The molecule has 0 bridgehead atoms. The molecule has 0 spiro atoms. The van der Waals surface area contributed by atoms with Crippen molar-refractivity contribution in [2.75, 3.05) is 19.4 Å². The summed E-state index contributed by atoms with van der Waals surface area (Å²) in [6.45, 7) is 8.35. The maximum absolute atomic E-state index is 13.1. The molecule has 0 saturated heterocycles. The first-order chi connectivity index (χ1) is 23.8. The number of nitrogens with zero attached hydrogens (tertiary/aromatic N) is 2. The molecule has 1 saturated carbocycles. The van der Waals surface area contributed by atoms with E-state index in [1.165, 1.54) is 25.3 Å². The first-order valence-corrected chi connectivity index (χ1v) is 21.7. The lowest BCUT2D eigenvalue weighted by Crippen LogP contribution is -2.67. The average molecular weight is 752 g/mol. The smallest absolute Gasteiger partial charge is 0.406 e. The summed E-state index contributed by atoms with van der Waals surface area (Å²) in [6.07, 6.45) is 3.90. The second-order valence-electron chi connectivity index (χ2n) is 14.3. The Bertz CT molecular complexity index is 2040. The highest BCUT2D eigenvalue weighted by Gasteiger charge is 2.53. The van der Waals surface area contributed by atoms with Crippen LogP contribution >= 0.6 is 7.82 Å². The molecule has 3 N–H and O–H groups in total. The maximum atomic E-state index is 13.1. The number of sulfone groups is 1. The Morgan fingerprint density at radius 2 is 1.61 bits per heavy atom. The molecule has 1 unspecified atom stereocenters. The fraction of sp³-hybridized carbons (Fsp3) is 0.389. The van der Waals surface area contributed by atoms with Crippen molar-refractivity contribution in [3.8, 4) is 23.7 Å². The molecule has 15 heteroatoms. The highest BCUT2D eigenvalue weighted by molar-refractivity contribution is 7.92. The molecule has 1 aliphatic carbocycles. The molecule has 2 heterocycles. The molecule has 51 heavy (non-hydrogen) atoms. The number of carbonyl (C=O) groups is 2. The van der Waals surface area contributed by atoms with Gasteiger partial charge in [0.05, 0.1) is 18.6 Å². The van der Waals surface area contributed by atoms with Crippen molar-refractivity contribution in [1.29, 1.82) is 0 Å².